The van der Waals surface area contributed by atoms with Gasteiger partial charge in [-0.25, -0.2) is 13.2 Å². The molecule has 3 aromatic carbocycles. The highest BCUT2D eigenvalue weighted by Gasteiger charge is 2.27. The van der Waals surface area contributed by atoms with E-state index in [-0.39, 0.29) is 24.2 Å². The Hall–Kier alpha value is -2.99. The predicted molar refractivity (Wildman–Crippen MR) is 140 cm³/mol. The minimum atomic E-state index is -0.830. The molecule has 0 heterocycles. The molecule has 0 aromatic heterocycles. The molecule has 198 valence electrons. The van der Waals surface area contributed by atoms with E-state index in [0.29, 0.717) is 34.8 Å². The molecule has 1 aliphatic carbocycles. The number of hydrogen-bond donors (Lipinski definition) is 0. The third-order valence-electron chi connectivity index (χ3n) is 6.97. The van der Waals surface area contributed by atoms with Gasteiger partial charge in [0, 0.05) is 23.8 Å². The van der Waals surface area contributed by atoms with Crippen molar-refractivity contribution in [3.05, 3.63) is 83.2 Å². The largest absolute Gasteiger partial charge is 0.494 e. The monoisotopic (exact) mass is 512 g/mol. The number of rotatable bonds is 11. The van der Waals surface area contributed by atoms with Crippen molar-refractivity contribution in [2.45, 2.75) is 71.0 Å². The lowest BCUT2D eigenvalue weighted by molar-refractivity contribution is 0.0230. The van der Waals surface area contributed by atoms with E-state index in [1.807, 2.05) is 6.92 Å². The van der Waals surface area contributed by atoms with Gasteiger partial charge in [0.2, 0.25) is 0 Å². The zero-order valence-electron chi connectivity index (χ0n) is 21.6. The fraction of sp³-hybridized carbons (Fsp3) is 0.419. The van der Waals surface area contributed by atoms with E-state index >= 15 is 8.78 Å². The molecule has 6 heteroatoms. The van der Waals surface area contributed by atoms with Crippen LogP contribution in [0.5, 0.6) is 11.5 Å². The van der Waals surface area contributed by atoms with E-state index in [1.165, 1.54) is 6.07 Å². The Morgan fingerprint density at radius 3 is 2.19 bits per heavy atom. The highest BCUT2D eigenvalue weighted by atomic mass is 19.2. The second-order valence-electron chi connectivity index (χ2n) is 9.53. The van der Waals surface area contributed by atoms with Crippen molar-refractivity contribution < 1.29 is 27.4 Å². The van der Waals surface area contributed by atoms with Crippen LogP contribution in [0.4, 0.5) is 13.2 Å². The van der Waals surface area contributed by atoms with Crippen LogP contribution in [-0.4, -0.2) is 19.3 Å². The highest BCUT2D eigenvalue weighted by Crippen LogP contribution is 2.38. The van der Waals surface area contributed by atoms with Gasteiger partial charge in [-0.05, 0) is 80.3 Å². The van der Waals surface area contributed by atoms with E-state index in [1.54, 1.807) is 48.5 Å². The highest BCUT2D eigenvalue weighted by molar-refractivity contribution is 5.65. The van der Waals surface area contributed by atoms with Gasteiger partial charge in [-0.1, -0.05) is 37.6 Å². The first-order valence-electron chi connectivity index (χ1n) is 13.2. The first-order valence-corrected chi connectivity index (χ1v) is 13.2. The van der Waals surface area contributed by atoms with Crippen LogP contribution in [-0.2, 0) is 11.3 Å². The maximum atomic E-state index is 15.1. The Morgan fingerprint density at radius 2 is 1.51 bits per heavy atom. The third-order valence-corrected chi connectivity index (χ3v) is 6.97. The van der Waals surface area contributed by atoms with Gasteiger partial charge in [0.05, 0.1) is 12.7 Å². The fourth-order valence-corrected chi connectivity index (χ4v) is 4.83. The quantitative estimate of drug-likeness (QED) is 0.241. The number of ether oxygens (including phenoxy) is 3. The van der Waals surface area contributed by atoms with Gasteiger partial charge in [0.15, 0.2) is 11.6 Å². The van der Waals surface area contributed by atoms with Crippen LogP contribution in [0.3, 0.4) is 0 Å². The third kappa shape index (κ3) is 6.86. The fourth-order valence-electron chi connectivity index (χ4n) is 4.83. The van der Waals surface area contributed by atoms with Crippen molar-refractivity contribution in [2.75, 3.05) is 13.2 Å². The van der Waals surface area contributed by atoms with Gasteiger partial charge in [-0.2, -0.15) is 0 Å². The molecule has 1 saturated carbocycles. The number of unbranched alkanes of at least 4 members (excludes halogenated alkanes) is 1. The van der Waals surface area contributed by atoms with Crippen LogP contribution >= 0.6 is 0 Å². The second kappa shape index (κ2) is 13.0. The summed E-state index contributed by atoms with van der Waals surface area (Å²) < 4.78 is 61.4. The summed E-state index contributed by atoms with van der Waals surface area (Å²) in [6.07, 6.45) is 5.72. The summed E-state index contributed by atoms with van der Waals surface area (Å²) >= 11 is 0. The summed E-state index contributed by atoms with van der Waals surface area (Å²) in [7, 11) is 0. The van der Waals surface area contributed by atoms with Crippen molar-refractivity contribution in [3.63, 3.8) is 0 Å². The van der Waals surface area contributed by atoms with Crippen molar-refractivity contribution >= 4 is 0 Å². The van der Waals surface area contributed by atoms with Crippen molar-refractivity contribution in [1.29, 1.82) is 0 Å². The Morgan fingerprint density at radius 1 is 0.784 bits per heavy atom. The Labute approximate surface area is 217 Å². The summed E-state index contributed by atoms with van der Waals surface area (Å²) in [6.45, 7) is 5.25. The molecule has 0 amide bonds. The van der Waals surface area contributed by atoms with E-state index in [4.69, 9.17) is 14.2 Å². The number of hydrogen-bond acceptors (Lipinski definition) is 3. The minimum Gasteiger partial charge on any atom is -0.494 e. The van der Waals surface area contributed by atoms with Gasteiger partial charge < -0.3 is 14.2 Å². The summed E-state index contributed by atoms with van der Waals surface area (Å²) in [5.74, 6) is -1.01. The van der Waals surface area contributed by atoms with Crippen molar-refractivity contribution in [2.24, 2.45) is 0 Å². The minimum absolute atomic E-state index is 0.00773. The lowest BCUT2D eigenvalue weighted by Crippen LogP contribution is -2.22. The lowest BCUT2D eigenvalue weighted by atomic mass is 9.82. The standard InChI is InChI=1S/C31H35F3O3/c1-3-5-18-36-24-11-6-21(7-12-24)27-16-17-28(31(34)30(27)33)22-8-13-25(14-9-22)37-20-23-10-15-26(35-4-2)19-29(23)32/h8-10,13-17,19,21,24H,3-7,11-12,18,20H2,1-2H3. The molecule has 0 N–H and O–H groups in total. The van der Waals surface area contributed by atoms with E-state index in [9.17, 15) is 4.39 Å². The molecule has 0 bridgehead atoms. The first kappa shape index (κ1) is 27.1. The van der Waals surface area contributed by atoms with E-state index in [0.717, 1.165) is 45.1 Å². The van der Waals surface area contributed by atoms with Crippen LogP contribution < -0.4 is 9.47 Å². The average molecular weight is 513 g/mol. The summed E-state index contributed by atoms with van der Waals surface area (Å²) in [6, 6.07) is 14.7. The number of halogens is 3. The normalized spacial score (nSPS) is 17.5. The molecular formula is C31H35F3O3. The molecule has 3 aromatic rings. The van der Waals surface area contributed by atoms with Crippen molar-refractivity contribution in [1.82, 2.24) is 0 Å². The molecule has 0 spiro atoms. The SMILES string of the molecule is CCCCOC1CCC(c2ccc(-c3ccc(OCc4ccc(OCC)cc4F)cc3)c(F)c2F)CC1. The summed E-state index contributed by atoms with van der Waals surface area (Å²) in [4.78, 5) is 0. The van der Waals surface area contributed by atoms with Crippen LogP contribution in [0.1, 0.15) is 69.4 Å². The predicted octanol–water partition coefficient (Wildman–Crippen LogP) is 8.59. The second-order valence-corrected chi connectivity index (χ2v) is 9.53. The topological polar surface area (TPSA) is 27.7 Å². The molecule has 0 saturated heterocycles. The average Bonchev–Trinajstić information content (AvgIpc) is 2.91. The molecule has 4 rings (SSSR count). The summed E-state index contributed by atoms with van der Waals surface area (Å²) in [5.41, 5.74) is 1.61. The van der Waals surface area contributed by atoms with Crippen LogP contribution in [0.25, 0.3) is 11.1 Å². The van der Waals surface area contributed by atoms with Gasteiger partial charge in [0.1, 0.15) is 23.9 Å². The molecule has 1 fully saturated rings. The lowest BCUT2D eigenvalue weighted by Gasteiger charge is -2.29. The smallest absolute Gasteiger partial charge is 0.166 e. The zero-order valence-corrected chi connectivity index (χ0v) is 21.6. The molecule has 1 aliphatic rings. The molecular weight excluding hydrogens is 477 g/mol. The molecule has 37 heavy (non-hydrogen) atoms. The maximum absolute atomic E-state index is 15.1. The molecule has 3 nitrogen and oxygen atoms in total. The van der Waals surface area contributed by atoms with Gasteiger partial charge >= 0.3 is 0 Å². The van der Waals surface area contributed by atoms with Crippen LogP contribution in [0.2, 0.25) is 0 Å². The van der Waals surface area contributed by atoms with E-state index in [2.05, 4.69) is 6.92 Å². The Balaban J connectivity index is 1.37. The van der Waals surface area contributed by atoms with Gasteiger partial charge in [-0.3, -0.25) is 0 Å². The first-order chi connectivity index (χ1) is 18.0. The van der Waals surface area contributed by atoms with Gasteiger partial charge in [0.25, 0.3) is 0 Å². The van der Waals surface area contributed by atoms with Crippen molar-refractivity contribution in [3.8, 4) is 22.6 Å². The van der Waals surface area contributed by atoms with Gasteiger partial charge in [-0.15, -0.1) is 0 Å². The van der Waals surface area contributed by atoms with Crippen LogP contribution in [0.15, 0.2) is 54.6 Å². The Bertz CT molecular complexity index is 1160. The maximum Gasteiger partial charge on any atom is 0.166 e. The molecule has 0 aliphatic heterocycles. The number of benzene rings is 3. The van der Waals surface area contributed by atoms with E-state index < -0.39 is 17.5 Å². The molecule has 0 unspecified atom stereocenters. The Kier molecular flexibility index (Phi) is 9.51. The van der Waals surface area contributed by atoms with Crippen LogP contribution in [0, 0.1) is 17.5 Å². The molecule has 0 radical (unpaired) electrons. The summed E-state index contributed by atoms with van der Waals surface area (Å²) in [5, 5.41) is 0. The zero-order chi connectivity index (χ0) is 26.2. The molecule has 0 atom stereocenters.